The number of aliphatic imine (C=N–C) groups is 1. The normalized spacial score (nSPS) is 24.9. The highest BCUT2D eigenvalue weighted by Gasteiger charge is 2.31. The first-order valence-electron chi connectivity index (χ1n) is 10.8. The smallest absolute Gasteiger partial charge is 0.194 e. The van der Waals surface area contributed by atoms with Gasteiger partial charge in [0.1, 0.15) is 5.76 Å². The fourth-order valence-electron chi connectivity index (χ4n) is 4.57. The van der Waals surface area contributed by atoms with Gasteiger partial charge in [-0.3, -0.25) is 9.89 Å². The molecular formula is C21H35IN4O2. The minimum Gasteiger partial charge on any atom is -0.469 e. The van der Waals surface area contributed by atoms with Crippen LogP contribution in [0.3, 0.4) is 0 Å². The third-order valence-electron chi connectivity index (χ3n) is 6.16. The van der Waals surface area contributed by atoms with Gasteiger partial charge in [0, 0.05) is 51.2 Å². The second-order valence-corrected chi connectivity index (χ2v) is 8.05. The largest absolute Gasteiger partial charge is 0.469 e. The summed E-state index contributed by atoms with van der Waals surface area (Å²) in [6.45, 7) is 6.85. The monoisotopic (exact) mass is 502 g/mol. The van der Waals surface area contributed by atoms with Crippen LogP contribution in [-0.4, -0.2) is 73.8 Å². The van der Waals surface area contributed by atoms with E-state index in [0.29, 0.717) is 12.1 Å². The maximum absolute atomic E-state index is 5.52. The van der Waals surface area contributed by atoms with E-state index in [9.17, 15) is 0 Å². The van der Waals surface area contributed by atoms with Crippen molar-refractivity contribution in [2.75, 3.05) is 45.9 Å². The number of halogens is 1. The number of nitrogens with one attached hydrogen (secondary N) is 1. The number of ether oxygens (including phenoxy) is 1. The van der Waals surface area contributed by atoms with Crippen LogP contribution in [0.15, 0.2) is 27.8 Å². The van der Waals surface area contributed by atoms with Crippen LogP contribution in [0.5, 0.6) is 0 Å². The fourth-order valence-corrected chi connectivity index (χ4v) is 4.57. The number of morpholine rings is 1. The topological polar surface area (TPSA) is 53.2 Å². The highest BCUT2D eigenvalue weighted by atomic mass is 127. The molecule has 0 bridgehead atoms. The van der Waals surface area contributed by atoms with Crippen LogP contribution in [0, 0.1) is 0 Å². The van der Waals surface area contributed by atoms with Crippen molar-refractivity contribution >= 4 is 29.9 Å². The van der Waals surface area contributed by atoms with Gasteiger partial charge in [0.05, 0.1) is 19.5 Å². The molecule has 3 fully saturated rings. The molecule has 1 saturated carbocycles. The predicted molar refractivity (Wildman–Crippen MR) is 123 cm³/mol. The summed E-state index contributed by atoms with van der Waals surface area (Å²) in [5, 5.41) is 3.80. The van der Waals surface area contributed by atoms with Crippen molar-refractivity contribution in [3.63, 3.8) is 0 Å². The first-order valence-corrected chi connectivity index (χ1v) is 10.8. The molecule has 0 aromatic carbocycles. The first kappa shape index (κ1) is 21.9. The lowest BCUT2D eigenvalue weighted by Gasteiger charge is -2.33. The van der Waals surface area contributed by atoms with E-state index in [1.165, 1.54) is 38.5 Å². The summed E-state index contributed by atoms with van der Waals surface area (Å²) >= 11 is 0. The maximum Gasteiger partial charge on any atom is 0.194 e. The van der Waals surface area contributed by atoms with E-state index < -0.39 is 0 Å². The molecule has 1 N–H and O–H groups in total. The molecule has 1 unspecified atom stereocenters. The third-order valence-corrected chi connectivity index (χ3v) is 6.16. The molecular weight excluding hydrogens is 467 g/mol. The van der Waals surface area contributed by atoms with Gasteiger partial charge in [-0.1, -0.05) is 19.3 Å². The molecule has 7 heteroatoms. The molecule has 2 aliphatic heterocycles. The molecule has 158 valence electrons. The van der Waals surface area contributed by atoms with E-state index in [1.807, 2.05) is 12.1 Å². The Labute approximate surface area is 186 Å². The summed E-state index contributed by atoms with van der Waals surface area (Å²) in [5.41, 5.74) is 0. The summed E-state index contributed by atoms with van der Waals surface area (Å²) in [6, 6.07) is 5.21. The van der Waals surface area contributed by atoms with Crippen molar-refractivity contribution in [2.45, 2.75) is 57.0 Å². The SMILES string of the molecule is I.c1coc(CCN=C(NC2CCCCC2)N2CCC(N3CCOCC3)C2)c1. The van der Waals surface area contributed by atoms with Gasteiger partial charge >= 0.3 is 0 Å². The van der Waals surface area contributed by atoms with Crippen LogP contribution in [0.1, 0.15) is 44.3 Å². The van der Waals surface area contributed by atoms with E-state index in [-0.39, 0.29) is 24.0 Å². The molecule has 2 saturated heterocycles. The Kier molecular flexibility index (Phi) is 8.92. The zero-order valence-electron chi connectivity index (χ0n) is 16.9. The predicted octanol–water partition coefficient (Wildman–Crippen LogP) is 3.12. The molecule has 0 spiro atoms. The van der Waals surface area contributed by atoms with Crippen LogP contribution < -0.4 is 5.32 Å². The molecule has 1 aliphatic carbocycles. The minimum absolute atomic E-state index is 0. The van der Waals surface area contributed by atoms with Crippen LogP contribution in [0.4, 0.5) is 0 Å². The molecule has 0 amide bonds. The molecule has 1 atom stereocenters. The first-order chi connectivity index (χ1) is 13.4. The Bertz CT molecular complexity index is 583. The zero-order valence-corrected chi connectivity index (χ0v) is 19.2. The number of likely N-dealkylation sites (tertiary alicyclic amines) is 1. The molecule has 3 aliphatic rings. The number of furan rings is 1. The summed E-state index contributed by atoms with van der Waals surface area (Å²) < 4.78 is 11.0. The van der Waals surface area contributed by atoms with Crippen LogP contribution in [0.25, 0.3) is 0 Å². The van der Waals surface area contributed by atoms with Crippen molar-refractivity contribution in [1.29, 1.82) is 0 Å². The molecule has 28 heavy (non-hydrogen) atoms. The fraction of sp³-hybridized carbons (Fsp3) is 0.762. The Balaban J connectivity index is 0.00000225. The van der Waals surface area contributed by atoms with Crippen molar-refractivity contribution in [2.24, 2.45) is 4.99 Å². The lowest BCUT2D eigenvalue weighted by atomic mass is 9.96. The Morgan fingerprint density at radius 2 is 1.93 bits per heavy atom. The van der Waals surface area contributed by atoms with E-state index in [1.54, 1.807) is 6.26 Å². The van der Waals surface area contributed by atoms with Crippen LogP contribution >= 0.6 is 24.0 Å². The van der Waals surface area contributed by atoms with Gasteiger partial charge in [0.25, 0.3) is 0 Å². The van der Waals surface area contributed by atoms with Crippen molar-refractivity contribution in [3.8, 4) is 0 Å². The molecule has 1 aromatic heterocycles. The molecule has 0 radical (unpaired) electrons. The quantitative estimate of drug-likeness (QED) is 0.381. The van der Waals surface area contributed by atoms with Crippen LogP contribution in [-0.2, 0) is 11.2 Å². The second kappa shape index (κ2) is 11.4. The van der Waals surface area contributed by atoms with Gasteiger partial charge in [-0.25, -0.2) is 0 Å². The van der Waals surface area contributed by atoms with Gasteiger partial charge in [-0.15, -0.1) is 24.0 Å². The molecule has 6 nitrogen and oxygen atoms in total. The summed E-state index contributed by atoms with van der Waals surface area (Å²) in [4.78, 5) is 10.1. The summed E-state index contributed by atoms with van der Waals surface area (Å²) in [7, 11) is 0. The number of hydrogen-bond donors (Lipinski definition) is 1. The van der Waals surface area contributed by atoms with Gasteiger partial charge in [0.15, 0.2) is 5.96 Å². The Morgan fingerprint density at radius 1 is 1.11 bits per heavy atom. The number of rotatable bonds is 5. The average molecular weight is 502 g/mol. The van der Waals surface area contributed by atoms with Gasteiger partial charge in [0.2, 0.25) is 0 Å². The maximum atomic E-state index is 5.52. The summed E-state index contributed by atoms with van der Waals surface area (Å²) in [6.07, 6.45) is 10.4. The van der Waals surface area contributed by atoms with Gasteiger partial charge in [-0.2, -0.15) is 0 Å². The average Bonchev–Trinajstić information content (AvgIpc) is 3.41. The van der Waals surface area contributed by atoms with Crippen LogP contribution in [0.2, 0.25) is 0 Å². The molecule has 4 rings (SSSR count). The molecule has 1 aromatic rings. The van der Waals surface area contributed by atoms with Gasteiger partial charge < -0.3 is 19.4 Å². The summed E-state index contributed by atoms with van der Waals surface area (Å²) in [5.74, 6) is 2.13. The minimum atomic E-state index is 0. The second-order valence-electron chi connectivity index (χ2n) is 8.05. The van der Waals surface area contributed by atoms with Crippen molar-refractivity contribution < 1.29 is 9.15 Å². The standard InChI is InChI=1S/C21H34N4O2.HI/c1-2-5-18(6-3-1)23-21(22-10-8-20-7-4-14-27-20)25-11-9-19(17-25)24-12-15-26-16-13-24;/h4,7,14,18-19H,1-3,5-6,8-13,15-17H2,(H,22,23);1H. The Hall–Kier alpha value is -0.800. The van der Waals surface area contributed by atoms with E-state index in [4.69, 9.17) is 14.1 Å². The lowest BCUT2D eigenvalue weighted by molar-refractivity contribution is 0.0194. The van der Waals surface area contributed by atoms with Gasteiger partial charge in [-0.05, 0) is 31.4 Å². The van der Waals surface area contributed by atoms with E-state index in [0.717, 1.165) is 64.1 Å². The number of hydrogen-bond acceptors (Lipinski definition) is 4. The lowest BCUT2D eigenvalue weighted by Crippen LogP contribution is -2.48. The van der Waals surface area contributed by atoms with E-state index in [2.05, 4.69) is 15.1 Å². The highest BCUT2D eigenvalue weighted by molar-refractivity contribution is 14.0. The zero-order chi connectivity index (χ0) is 18.3. The number of guanidine groups is 1. The molecule has 3 heterocycles. The Morgan fingerprint density at radius 3 is 2.68 bits per heavy atom. The number of nitrogens with zero attached hydrogens (tertiary/aromatic N) is 3. The van der Waals surface area contributed by atoms with E-state index >= 15 is 0 Å². The third kappa shape index (κ3) is 6.10. The van der Waals surface area contributed by atoms with Crippen molar-refractivity contribution in [3.05, 3.63) is 24.2 Å². The highest BCUT2D eigenvalue weighted by Crippen LogP contribution is 2.20. The van der Waals surface area contributed by atoms with Crippen molar-refractivity contribution in [1.82, 2.24) is 15.1 Å².